The lowest BCUT2D eigenvalue weighted by Gasteiger charge is -2.20. The lowest BCUT2D eigenvalue weighted by atomic mass is 10.1. The van der Waals surface area contributed by atoms with Gasteiger partial charge in [-0.25, -0.2) is 8.93 Å². The van der Waals surface area contributed by atoms with Gasteiger partial charge in [-0.1, -0.05) is 13.3 Å². The van der Waals surface area contributed by atoms with Crippen LogP contribution in [0.15, 0.2) is 18.2 Å². The fraction of sp³-hybridized carbons (Fsp3) is 0.500. The van der Waals surface area contributed by atoms with Crippen LogP contribution in [0.2, 0.25) is 0 Å². The molecule has 0 bridgehead atoms. The molecule has 1 rings (SSSR count). The number of aryl methyl sites for hydroxylation is 1. The van der Waals surface area contributed by atoms with Crippen LogP contribution in [0.4, 0.5) is 11.4 Å². The van der Waals surface area contributed by atoms with Crippen molar-refractivity contribution in [2.45, 2.75) is 19.8 Å². The number of hydrogen-bond donors (Lipinski definition) is 3. The van der Waals surface area contributed by atoms with Gasteiger partial charge in [0.05, 0.1) is 0 Å². The quantitative estimate of drug-likeness (QED) is 0.517. The largest absolute Gasteiger partial charge is 0.399 e. The first kappa shape index (κ1) is 14.9. The number of hydrogen-bond acceptors (Lipinski definition) is 3. The Hall–Kier alpha value is -1.11. The Balaban J connectivity index is 2.64. The first-order valence-electron chi connectivity index (χ1n) is 5.98. The molecule has 0 aromatic heterocycles. The standard InChI is InChI=1S/C12H21N3O2S/c1-3-4-10-9-11(5-6-12(10)13)15(2)8-7-14-18(16)17/h5-6,9,14H,3-4,7-8,13H2,1-2H3,(H,16,17). The molecule has 1 aromatic carbocycles. The minimum Gasteiger partial charge on any atom is -0.399 e. The average molecular weight is 271 g/mol. The van der Waals surface area contributed by atoms with Crippen molar-refractivity contribution in [1.29, 1.82) is 0 Å². The van der Waals surface area contributed by atoms with E-state index in [1.807, 2.05) is 24.1 Å². The summed E-state index contributed by atoms with van der Waals surface area (Å²) < 4.78 is 21.5. The summed E-state index contributed by atoms with van der Waals surface area (Å²) in [5.74, 6) is 0. The zero-order valence-corrected chi connectivity index (χ0v) is 11.7. The molecule has 0 aliphatic carbocycles. The Morgan fingerprint density at radius 2 is 2.22 bits per heavy atom. The molecule has 0 aliphatic heterocycles. The molecule has 18 heavy (non-hydrogen) atoms. The van der Waals surface area contributed by atoms with E-state index in [1.165, 1.54) is 0 Å². The maximum Gasteiger partial charge on any atom is 0.231 e. The highest BCUT2D eigenvalue weighted by Gasteiger charge is 2.05. The number of nitrogen functional groups attached to an aromatic ring is 1. The Labute approximate surface area is 111 Å². The second kappa shape index (κ2) is 7.35. The molecule has 0 fully saturated rings. The third-order valence-electron chi connectivity index (χ3n) is 2.76. The summed E-state index contributed by atoms with van der Waals surface area (Å²) in [5, 5.41) is 0. The molecule has 0 saturated heterocycles. The molecule has 5 nitrogen and oxygen atoms in total. The van der Waals surface area contributed by atoms with E-state index in [9.17, 15) is 4.21 Å². The van der Waals surface area contributed by atoms with Crippen molar-refractivity contribution in [2.24, 2.45) is 0 Å². The summed E-state index contributed by atoms with van der Waals surface area (Å²) in [6, 6.07) is 5.95. The number of rotatable bonds is 7. The van der Waals surface area contributed by atoms with Gasteiger partial charge in [-0.05, 0) is 30.2 Å². The van der Waals surface area contributed by atoms with E-state index in [1.54, 1.807) is 0 Å². The van der Waals surface area contributed by atoms with Gasteiger partial charge in [0.2, 0.25) is 11.3 Å². The van der Waals surface area contributed by atoms with Crippen molar-refractivity contribution in [2.75, 3.05) is 30.8 Å². The molecule has 1 unspecified atom stereocenters. The van der Waals surface area contributed by atoms with Gasteiger partial charge in [0.25, 0.3) is 0 Å². The molecule has 4 N–H and O–H groups in total. The monoisotopic (exact) mass is 271 g/mol. The molecule has 0 heterocycles. The van der Waals surface area contributed by atoms with Crippen LogP contribution in [0.1, 0.15) is 18.9 Å². The molecule has 6 heteroatoms. The SMILES string of the molecule is CCCc1cc(N(C)CCNS(=O)O)ccc1N. The summed E-state index contributed by atoms with van der Waals surface area (Å²) in [6.07, 6.45) is 2.02. The van der Waals surface area contributed by atoms with Crippen molar-refractivity contribution >= 4 is 22.6 Å². The predicted molar refractivity (Wildman–Crippen MR) is 76.9 cm³/mol. The van der Waals surface area contributed by atoms with Crippen LogP contribution in [-0.4, -0.2) is 28.9 Å². The van der Waals surface area contributed by atoms with Crippen molar-refractivity contribution in [3.63, 3.8) is 0 Å². The van der Waals surface area contributed by atoms with E-state index in [0.29, 0.717) is 13.1 Å². The molecular weight excluding hydrogens is 250 g/mol. The van der Waals surface area contributed by atoms with Crippen molar-refractivity contribution in [3.8, 4) is 0 Å². The zero-order chi connectivity index (χ0) is 13.5. The number of nitrogens with two attached hydrogens (primary N) is 1. The molecule has 0 aliphatic rings. The Morgan fingerprint density at radius 3 is 2.83 bits per heavy atom. The Kier molecular flexibility index (Phi) is 6.11. The van der Waals surface area contributed by atoms with Gasteiger partial charge in [-0.3, -0.25) is 4.55 Å². The van der Waals surface area contributed by atoms with E-state index < -0.39 is 11.3 Å². The van der Waals surface area contributed by atoms with Crippen molar-refractivity contribution in [3.05, 3.63) is 23.8 Å². The number of nitrogens with one attached hydrogen (secondary N) is 1. The van der Waals surface area contributed by atoms with Crippen LogP contribution in [-0.2, 0) is 17.7 Å². The molecular formula is C12H21N3O2S. The maximum atomic E-state index is 10.5. The molecule has 0 amide bonds. The fourth-order valence-corrected chi connectivity index (χ4v) is 2.01. The Morgan fingerprint density at radius 1 is 1.50 bits per heavy atom. The van der Waals surface area contributed by atoms with Gasteiger partial charge in [0.1, 0.15) is 0 Å². The van der Waals surface area contributed by atoms with Crippen LogP contribution < -0.4 is 15.4 Å². The van der Waals surface area contributed by atoms with E-state index in [2.05, 4.69) is 17.7 Å². The normalized spacial score (nSPS) is 12.4. The van der Waals surface area contributed by atoms with E-state index in [-0.39, 0.29) is 0 Å². The number of nitrogens with zero attached hydrogens (tertiary/aromatic N) is 1. The van der Waals surface area contributed by atoms with Gasteiger partial charge >= 0.3 is 0 Å². The Bertz CT molecular complexity index is 412. The minimum absolute atomic E-state index is 0.451. The number of likely N-dealkylation sites (N-methyl/N-ethyl adjacent to an activating group) is 1. The second-order valence-electron chi connectivity index (χ2n) is 4.20. The third kappa shape index (κ3) is 4.64. The molecule has 102 valence electrons. The highest BCUT2D eigenvalue weighted by atomic mass is 32.2. The highest BCUT2D eigenvalue weighted by molar-refractivity contribution is 7.77. The van der Waals surface area contributed by atoms with Crippen molar-refractivity contribution in [1.82, 2.24) is 4.72 Å². The highest BCUT2D eigenvalue weighted by Crippen LogP contribution is 2.21. The summed E-state index contributed by atoms with van der Waals surface area (Å²) in [4.78, 5) is 2.03. The first-order valence-corrected chi connectivity index (χ1v) is 7.09. The molecule has 1 atom stereocenters. The summed E-state index contributed by atoms with van der Waals surface area (Å²) >= 11 is -1.95. The molecule has 1 aromatic rings. The summed E-state index contributed by atoms with van der Waals surface area (Å²) in [6.45, 7) is 3.23. The molecule has 0 spiro atoms. The summed E-state index contributed by atoms with van der Waals surface area (Å²) in [5.41, 5.74) is 8.96. The van der Waals surface area contributed by atoms with Crippen LogP contribution in [0.3, 0.4) is 0 Å². The second-order valence-corrected chi connectivity index (χ2v) is 4.99. The topological polar surface area (TPSA) is 78.6 Å². The minimum atomic E-state index is -1.95. The smallest absolute Gasteiger partial charge is 0.231 e. The fourth-order valence-electron chi connectivity index (χ4n) is 1.75. The number of anilines is 2. The van der Waals surface area contributed by atoms with Gasteiger partial charge in [0.15, 0.2) is 0 Å². The maximum absolute atomic E-state index is 10.5. The van der Waals surface area contributed by atoms with Crippen LogP contribution in [0.25, 0.3) is 0 Å². The third-order valence-corrected chi connectivity index (χ3v) is 3.21. The van der Waals surface area contributed by atoms with Gasteiger partial charge in [-0.2, -0.15) is 0 Å². The van der Waals surface area contributed by atoms with Crippen LogP contribution in [0, 0.1) is 0 Å². The van der Waals surface area contributed by atoms with Crippen molar-refractivity contribution < 1.29 is 8.76 Å². The predicted octanol–water partition coefficient (Wildman–Crippen LogP) is 1.38. The van der Waals surface area contributed by atoms with Gasteiger partial charge in [0, 0.05) is 31.5 Å². The summed E-state index contributed by atoms with van der Waals surface area (Å²) in [7, 11) is 1.95. The lowest BCUT2D eigenvalue weighted by molar-refractivity contribution is 0.549. The van der Waals surface area contributed by atoms with Gasteiger partial charge < -0.3 is 10.6 Å². The van der Waals surface area contributed by atoms with Crippen LogP contribution >= 0.6 is 0 Å². The van der Waals surface area contributed by atoms with E-state index >= 15 is 0 Å². The molecule has 0 radical (unpaired) electrons. The average Bonchev–Trinajstić information content (AvgIpc) is 2.31. The first-order chi connectivity index (χ1) is 8.54. The number of benzene rings is 1. The van der Waals surface area contributed by atoms with E-state index in [0.717, 1.165) is 29.8 Å². The molecule has 0 saturated carbocycles. The lowest BCUT2D eigenvalue weighted by Crippen LogP contribution is -2.30. The van der Waals surface area contributed by atoms with E-state index in [4.69, 9.17) is 10.3 Å². The van der Waals surface area contributed by atoms with Crippen LogP contribution in [0.5, 0.6) is 0 Å². The van der Waals surface area contributed by atoms with Gasteiger partial charge in [-0.15, -0.1) is 0 Å². The zero-order valence-electron chi connectivity index (χ0n) is 10.8.